The third kappa shape index (κ3) is 2.07. The Hall–Kier alpha value is -0.320. The van der Waals surface area contributed by atoms with Crippen molar-refractivity contribution in [2.45, 2.75) is 43.8 Å². The fourth-order valence-electron chi connectivity index (χ4n) is 3.16. The summed E-state index contributed by atoms with van der Waals surface area (Å²) in [6.45, 7) is 0. The van der Waals surface area contributed by atoms with Crippen LogP contribution in [0.3, 0.4) is 0 Å². The van der Waals surface area contributed by atoms with Crippen molar-refractivity contribution in [1.82, 2.24) is 4.98 Å². The molecule has 0 radical (unpaired) electrons. The first-order valence-electron chi connectivity index (χ1n) is 6.00. The minimum atomic E-state index is 0.356. The van der Waals surface area contributed by atoms with Gasteiger partial charge in [-0.05, 0) is 47.7 Å². The molecule has 2 fully saturated rings. The van der Waals surface area contributed by atoms with Crippen molar-refractivity contribution in [1.29, 1.82) is 0 Å². The average molecular weight is 317 g/mol. The Kier molecular flexibility index (Phi) is 3.05. The minimum Gasteiger partial charge on any atom is -0.350 e. The smallest absolute Gasteiger partial charge is 0.143 e. The Morgan fingerprint density at radius 1 is 1.35 bits per heavy atom. The highest BCUT2D eigenvalue weighted by atomic mass is 79.9. The Morgan fingerprint density at radius 3 is 2.59 bits per heavy atom. The quantitative estimate of drug-likeness (QED) is 0.866. The van der Waals surface area contributed by atoms with Gasteiger partial charge in [0.2, 0.25) is 0 Å². The number of nitrogens with two attached hydrogens (primary N) is 1. The first-order valence-corrected chi connectivity index (χ1v) is 7.17. The van der Waals surface area contributed by atoms with Crippen molar-refractivity contribution in [2.24, 2.45) is 5.73 Å². The van der Waals surface area contributed by atoms with Crippen molar-refractivity contribution in [3.05, 3.63) is 21.8 Å². The number of piperidine rings is 1. The van der Waals surface area contributed by atoms with Crippen LogP contribution in [0.25, 0.3) is 0 Å². The van der Waals surface area contributed by atoms with Crippen LogP contribution >= 0.6 is 27.5 Å². The maximum absolute atomic E-state index is 6.08. The molecule has 3 nitrogen and oxygen atoms in total. The number of pyridine rings is 1. The summed E-state index contributed by atoms with van der Waals surface area (Å²) in [4.78, 5) is 6.91. The molecule has 1 aromatic heterocycles. The molecule has 17 heavy (non-hydrogen) atoms. The van der Waals surface area contributed by atoms with Crippen LogP contribution in [0, 0.1) is 0 Å². The SMILES string of the molecule is NC1CC2CCC(C1)N2c1ncc(Cl)cc1Br. The molecule has 0 amide bonds. The van der Waals surface area contributed by atoms with Crippen molar-refractivity contribution in [2.75, 3.05) is 4.90 Å². The third-order valence-corrected chi connectivity index (χ3v) is 4.59. The van der Waals surface area contributed by atoms with E-state index in [9.17, 15) is 0 Å². The van der Waals surface area contributed by atoms with E-state index in [4.69, 9.17) is 17.3 Å². The van der Waals surface area contributed by atoms with Gasteiger partial charge in [-0.15, -0.1) is 0 Å². The highest BCUT2D eigenvalue weighted by molar-refractivity contribution is 9.10. The molecule has 0 aliphatic carbocycles. The van der Waals surface area contributed by atoms with E-state index in [0.717, 1.165) is 23.1 Å². The summed E-state index contributed by atoms with van der Waals surface area (Å²) in [5.41, 5.74) is 6.08. The number of fused-ring (bicyclic) bond motifs is 2. The summed E-state index contributed by atoms with van der Waals surface area (Å²) in [5, 5.41) is 0.668. The summed E-state index contributed by atoms with van der Waals surface area (Å²) in [7, 11) is 0. The minimum absolute atomic E-state index is 0.356. The van der Waals surface area contributed by atoms with Crippen molar-refractivity contribution >= 4 is 33.3 Å². The van der Waals surface area contributed by atoms with Gasteiger partial charge in [0.25, 0.3) is 0 Å². The van der Waals surface area contributed by atoms with E-state index in [1.807, 2.05) is 6.07 Å². The highest BCUT2D eigenvalue weighted by Gasteiger charge is 2.40. The van der Waals surface area contributed by atoms with Crippen LogP contribution in [0.15, 0.2) is 16.7 Å². The van der Waals surface area contributed by atoms with Crippen LogP contribution in [-0.2, 0) is 0 Å². The normalized spacial score (nSPS) is 31.9. The molecule has 0 spiro atoms. The number of halogens is 2. The zero-order valence-corrected chi connectivity index (χ0v) is 11.8. The van der Waals surface area contributed by atoms with Crippen molar-refractivity contribution in [3.8, 4) is 0 Å². The second-order valence-corrected chi connectivity index (χ2v) is 6.27. The van der Waals surface area contributed by atoms with Gasteiger partial charge in [0.1, 0.15) is 5.82 Å². The van der Waals surface area contributed by atoms with Gasteiger partial charge in [0, 0.05) is 24.3 Å². The predicted octanol–water partition coefficient (Wildman–Crippen LogP) is 2.96. The molecule has 92 valence electrons. The Balaban J connectivity index is 1.94. The fraction of sp³-hybridized carbons (Fsp3) is 0.583. The molecule has 2 N–H and O–H groups in total. The molecule has 2 unspecified atom stereocenters. The number of anilines is 1. The summed E-state index contributed by atoms with van der Waals surface area (Å²) in [6.07, 6.45) is 6.33. The van der Waals surface area contributed by atoms with Gasteiger partial charge in [-0.1, -0.05) is 11.6 Å². The predicted molar refractivity (Wildman–Crippen MR) is 73.4 cm³/mol. The molecule has 0 aromatic carbocycles. The molecule has 3 heterocycles. The summed E-state index contributed by atoms with van der Waals surface area (Å²) < 4.78 is 0.984. The molecule has 2 bridgehead atoms. The number of rotatable bonds is 1. The van der Waals surface area contributed by atoms with Crippen LogP contribution < -0.4 is 10.6 Å². The van der Waals surface area contributed by atoms with Gasteiger partial charge < -0.3 is 10.6 Å². The van der Waals surface area contributed by atoms with Gasteiger partial charge in [0.05, 0.1) is 9.50 Å². The summed E-state index contributed by atoms with van der Waals surface area (Å²) >= 11 is 9.50. The zero-order valence-electron chi connectivity index (χ0n) is 9.44. The number of nitrogens with zero attached hydrogens (tertiary/aromatic N) is 2. The number of aromatic nitrogens is 1. The fourth-order valence-corrected chi connectivity index (χ4v) is 4.01. The lowest BCUT2D eigenvalue weighted by Gasteiger charge is -2.39. The lowest BCUT2D eigenvalue weighted by atomic mass is 9.98. The number of hydrogen-bond acceptors (Lipinski definition) is 3. The second-order valence-electron chi connectivity index (χ2n) is 4.98. The third-order valence-electron chi connectivity index (χ3n) is 3.80. The first kappa shape index (κ1) is 11.8. The van der Waals surface area contributed by atoms with Gasteiger partial charge in [-0.3, -0.25) is 0 Å². The second kappa shape index (κ2) is 4.41. The molecule has 0 saturated carbocycles. The van der Waals surface area contributed by atoms with E-state index in [-0.39, 0.29) is 0 Å². The Labute approximate surface area is 114 Å². The molecule has 2 atom stereocenters. The van der Waals surface area contributed by atoms with E-state index in [0.29, 0.717) is 23.1 Å². The van der Waals surface area contributed by atoms with Crippen LogP contribution in [0.1, 0.15) is 25.7 Å². The first-order chi connectivity index (χ1) is 8.15. The van der Waals surface area contributed by atoms with E-state index in [1.165, 1.54) is 12.8 Å². The van der Waals surface area contributed by atoms with Gasteiger partial charge in [-0.2, -0.15) is 0 Å². The molecule has 3 rings (SSSR count). The molecular formula is C12H15BrClN3. The van der Waals surface area contributed by atoms with Gasteiger partial charge in [-0.25, -0.2) is 4.98 Å². The van der Waals surface area contributed by atoms with Gasteiger partial charge in [0.15, 0.2) is 0 Å². The van der Waals surface area contributed by atoms with Gasteiger partial charge >= 0.3 is 0 Å². The molecule has 2 aliphatic rings. The average Bonchev–Trinajstić information content (AvgIpc) is 2.53. The molecule has 5 heteroatoms. The molecular weight excluding hydrogens is 302 g/mol. The lowest BCUT2D eigenvalue weighted by molar-refractivity contribution is 0.411. The zero-order chi connectivity index (χ0) is 12.0. The van der Waals surface area contributed by atoms with Crippen LogP contribution in [0.2, 0.25) is 5.02 Å². The van der Waals surface area contributed by atoms with E-state index in [2.05, 4.69) is 25.8 Å². The highest BCUT2D eigenvalue weighted by Crippen LogP contribution is 2.40. The lowest BCUT2D eigenvalue weighted by Crippen LogP contribution is -2.48. The Morgan fingerprint density at radius 2 is 2.00 bits per heavy atom. The van der Waals surface area contributed by atoms with Crippen LogP contribution in [0.5, 0.6) is 0 Å². The topological polar surface area (TPSA) is 42.1 Å². The monoisotopic (exact) mass is 315 g/mol. The molecule has 2 saturated heterocycles. The standard InChI is InChI=1S/C12H15BrClN3/c13-11-3-7(14)6-16-12(11)17-9-1-2-10(17)5-8(15)4-9/h3,6,8-10H,1-2,4-5,15H2. The summed E-state index contributed by atoms with van der Waals surface area (Å²) in [5.74, 6) is 1.02. The Bertz CT molecular complexity index is 426. The van der Waals surface area contributed by atoms with Crippen molar-refractivity contribution in [3.63, 3.8) is 0 Å². The maximum atomic E-state index is 6.08. The van der Waals surface area contributed by atoms with E-state index in [1.54, 1.807) is 6.20 Å². The van der Waals surface area contributed by atoms with Crippen LogP contribution in [-0.4, -0.2) is 23.1 Å². The van der Waals surface area contributed by atoms with Crippen LogP contribution in [0.4, 0.5) is 5.82 Å². The largest absolute Gasteiger partial charge is 0.350 e. The number of hydrogen-bond donors (Lipinski definition) is 1. The van der Waals surface area contributed by atoms with Crippen molar-refractivity contribution < 1.29 is 0 Å². The maximum Gasteiger partial charge on any atom is 0.143 e. The van der Waals surface area contributed by atoms with E-state index >= 15 is 0 Å². The van der Waals surface area contributed by atoms with E-state index < -0.39 is 0 Å². The molecule has 2 aliphatic heterocycles. The molecule has 1 aromatic rings. The summed E-state index contributed by atoms with van der Waals surface area (Å²) in [6, 6.07) is 3.37.